The van der Waals surface area contributed by atoms with E-state index in [2.05, 4.69) is 22.3 Å². The highest BCUT2D eigenvalue weighted by atomic mass is 35.5. The number of nitrogens with zero attached hydrogens (tertiary/aromatic N) is 1. The monoisotopic (exact) mass is 384 g/mol. The van der Waals surface area contributed by atoms with Crippen LogP contribution in [-0.4, -0.2) is 36.2 Å². The lowest BCUT2D eigenvalue weighted by Gasteiger charge is -2.34. The summed E-state index contributed by atoms with van der Waals surface area (Å²) in [6.45, 7) is 2.44. The summed E-state index contributed by atoms with van der Waals surface area (Å²) in [5.74, 6) is -0.145. The molecule has 4 nitrogen and oxygen atoms in total. The van der Waals surface area contributed by atoms with Crippen LogP contribution in [0.3, 0.4) is 0 Å². The Bertz CT molecular complexity index is 819. The van der Waals surface area contributed by atoms with Gasteiger partial charge in [0.15, 0.2) is 5.78 Å². The van der Waals surface area contributed by atoms with Crippen LogP contribution in [0.25, 0.3) is 0 Å². The van der Waals surface area contributed by atoms with E-state index in [9.17, 15) is 9.59 Å². The van der Waals surface area contributed by atoms with Crippen LogP contribution in [0.1, 0.15) is 36.1 Å². The van der Waals surface area contributed by atoms with E-state index in [1.54, 1.807) is 12.1 Å². The zero-order chi connectivity index (χ0) is 19.4. The van der Waals surface area contributed by atoms with Crippen LogP contribution in [0.5, 0.6) is 0 Å². The fourth-order valence-electron chi connectivity index (χ4n) is 3.62. The third-order valence-corrected chi connectivity index (χ3v) is 5.49. The third-order valence-electron chi connectivity index (χ3n) is 5.24. The molecule has 0 radical (unpaired) electrons. The molecule has 1 N–H and O–H groups in total. The van der Waals surface area contributed by atoms with Gasteiger partial charge in [0.25, 0.3) is 0 Å². The molecular weight excluding hydrogens is 360 g/mol. The molecule has 0 aliphatic carbocycles. The summed E-state index contributed by atoms with van der Waals surface area (Å²) in [5.41, 5.74) is 3.48. The minimum absolute atomic E-state index is 0.0399. The van der Waals surface area contributed by atoms with Crippen LogP contribution in [-0.2, 0) is 22.4 Å². The van der Waals surface area contributed by atoms with Crippen LogP contribution in [0.15, 0.2) is 48.5 Å². The average molecular weight is 385 g/mol. The normalized spacial score (nSPS) is 17.8. The van der Waals surface area contributed by atoms with Gasteiger partial charge < -0.3 is 5.32 Å². The number of benzene rings is 2. The maximum atomic E-state index is 12.7. The van der Waals surface area contributed by atoms with E-state index >= 15 is 0 Å². The summed E-state index contributed by atoms with van der Waals surface area (Å²) < 4.78 is 0. The molecular formula is C22H25ClN2O2. The summed E-state index contributed by atoms with van der Waals surface area (Å²) in [4.78, 5) is 27.0. The molecule has 1 unspecified atom stereocenters. The maximum Gasteiger partial charge on any atom is 0.222 e. The number of hydrogen-bond donors (Lipinski definition) is 1. The van der Waals surface area contributed by atoms with Crippen molar-refractivity contribution in [1.82, 2.24) is 10.2 Å². The number of fused-ring (bicyclic) bond motifs is 1. The zero-order valence-corrected chi connectivity index (χ0v) is 16.5. The summed E-state index contributed by atoms with van der Waals surface area (Å²) >= 11 is 5.92. The minimum atomic E-state index is -0.525. The smallest absolute Gasteiger partial charge is 0.222 e. The van der Waals surface area contributed by atoms with E-state index in [4.69, 9.17) is 11.6 Å². The molecule has 1 aliphatic heterocycles. The lowest BCUT2D eigenvalue weighted by atomic mass is 9.91. The molecule has 2 aromatic carbocycles. The Morgan fingerprint density at radius 2 is 1.89 bits per heavy atom. The zero-order valence-electron chi connectivity index (χ0n) is 15.7. The Labute approximate surface area is 165 Å². The number of likely N-dealkylation sites (N-methyl/N-ethyl adjacent to an activating group) is 1. The number of nitrogens with one attached hydrogen (secondary N) is 1. The predicted octanol–water partition coefficient (Wildman–Crippen LogP) is 3.58. The molecule has 1 amide bonds. The van der Waals surface area contributed by atoms with Crippen LogP contribution in [0.2, 0.25) is 5.02 Å². The van der Waals surface area contributed by atoms with E-state index in [0.29, 0.717) is 17.9 Å². The fraction of sp³-hybridized carbons (Fsp3) is 0.364. The molecule has 0 bridgehead atoms. The molecule has 2 atom stereocenters. The number of hydrogen-bond acceptors (Lipinski definition) is 3. The maximum absolute atomic E-state index is 12.7. The van der Waals surface area contributed by atoms with Gasteiger partial charge in [0.2, 0.25) is 5.91 Å². The lowest BCUT2D eigenvalue weighted by molar-refractivity contribution is -0.127. The first-order valence-corrected chi connectivity index (χ1v) is 9.64. The number of Topliss-reactive ketones (excluding diaryl/α,β-unsaturated/α-hetero) is 1. The second-order valence-corrected chi connectivity index (χ2v) is 7.65. The van der Waals surface area contributed by atoms with Gasteiger partial charge in [-0.25, -0.2) is 0 Å². The molecule has 1 aliphatic rings. The number of halogens is 1. The van der Waals surface area contributed by atoms with Crippen molar-refractivity contribution in [3.63, 3.8) is 0 Å². The van der Waals surface area contributed by atoms with Crippen molar-refractivity contribution in [2.45, 2.75) is 38.3 Å². The van der Waals surface area contributed by atoms with Crippen LogP contribution >= 0.6 is 11.6 Å². The van der Waals surface area contributed by atoms with Crippen molar-refractivity contribution >= 4 is 23.3 Å². The van der Waals surface area contributed by atoms with Gasteiger partial charge in [-0.15, -0.1) is 0 Å². The summed E-state index contributed by atoms with van der Waals surface area (Å²) in [6.07, 6.45) is 1.81. The Balaban J connectivity index is 1.68. The van der Waals surface area contributed by atoms with Crippen LogP contribution < -0.4 is 5.32 Å². The molecule has 0 aromatic heterocycles. The van der Waals surface area contributed by atoms with Gasteiger partial charge >= 0.3 is 0 Å². The molecule has 27 heavy (non-hydrogen) atoms. The Kier molecular flexibility index (Phi) is 6.30. The van der Waals surface area contributed by atoms with Crippen molar-refractivity contribution < 1.29 is 9.59 Å². The van der Waals surface area contributed by atoms with E-state index in [1.807, 2.05) is 31.3 Å². The molecule has 5 heteroatoms. The van der Waals surface area contributed by atoms with Gasteiger partial charge in [0.05, 0.1) is 6.04 Å². The van der Waals surface area contributed by atoms with E-state index in [1.165, 1.54) is 18.1 Å². The summed E-state index contributed by atoms with van der Waals surface area (Å²) in [5, 5.41) is 3.58. The van der Waals surface area contributed by atoms with Crippen LogP contribution in [0, 0.1) is 0 Å². The van der Waals surface area contributed by atoms with E-state index in [0.717, 1.165) is 18.5 Å². The third kappa shape index (κ3) is 4.96. The molecule has 142 valence electrons. The number of carbonyl (C=O) groups is 2. The van der Waals surface area contributed by atoms with Gasteiger partial charge in [0, 0.05) is 24.0 Å². The number of carbonyl (C=O) groups excluding carboxylic acids is 2. The molecule has 0 fully saturated rings. The van der Waals surface area contributed by atoms with Crippen molar-refractivity contribution in [3.05, 3.63) is 70.2 Å². The highest BCUT2D eigenvalue weighted by Crippen LogP contribution is 2.30. The quantitative estimate of drug-likeness (QED) is 0.828. The van der Waals surface area contributed by atoms with Gasteiger partial charge in [-0.05, 0) is 55.6 Å². The Morgan fingerprint density at radius 3 is 2.59 bits per heavy atom. The van der Waals surface area contributed by atoms with Gasteiger partial charge in [-0.1, -0.05) is 48.0 Å². The molecule has 1 heterocycles. The first kappa shape index (κ1) is 19.6. The molecule has 0 spiro atoms. The second-order valence-electron chi connectivity index (χ2n) is 7.21. The molecule has 0 saturated carbocycles. The summed E-state index contributed by atoms with van der Waals surface area (Å²) in [7, 11) is 2.05. The highest BCUT2D eigenvalue weighted by Gasteiger charge is 2.27. The SMILES string of the molecule is CC(=O)[C@@H](Cc1ccc(Cl)cc1)NC(=O)CC1c2ccccc2CCN1C. The number of amides is 1. The number of rotatable bonds is 6. The fourth-order valence-corrected chi connectivity index (χ4v) is 3.75. The lowest BCUT2D eigenvalue weighted by Crippen LogP contribution is -2.43. The van der Waals surface area contributed by atoms with E-state index in [-0.39, 0.29) is 17.7 Å². The first-order valence-electron chi connectivity index (χ1n) is 9.26. The molecule has 2 aromatic rings. The Hall–Kier alpha value is -2.17. The van der Waals surface area contributed by atoms with Crippen molar-refractivity contribution in [3.8, 4) is 0 Å². The summed E-state index contributed by atoms with van der Waals surface area (Å²) in [6, 6.07) is 15.2. The second kappa shape index (κ2) is 8.68. The molecule has 0 saturated heterocycles. The van der Waals surface area contributed by atoms with Gasteiger partial charge in [-0.2, -0.15) is 0 Å². The largest absolute Gasteiger partial charge is 0.346 e. The standard InChI is InChI=1S/C22H25ClN2O2/c1-15(26)20(13-16-7-9-18(23)10-8-16)24-22(27)14-21-19-6-4-3-5-17(19)11-12-25(21)2/h3-10,20-21H,11-14H2,1-2H3,(H,24,27)/t20-,21?/m1/s1. The Morgan fingerprint density at radius 1 is 1.19 bits per heavy atom. The average Bonchev–Trinajstić information content (AvgIpc) is 2.65. The number of ketones is 1. The predicted molar refractivity (Wildman–Crippen MR) is 108 cm³/mol. The molecule has 3 rings (SSSR count). The van der Waals surface area contributed by atoms with E-state index < -0.39 is 6.04 Å². The van der Waals surface area contributed by atoms with Gasteiger partial charge in [-0.3, -0.25) is 14.5 Å². The highest BCUT2D eigenvalue weighted by molar-refractivity contribution is 6.30. The minimum Gasteiger partial charge on any atom is -0.346 e. The topological polar surface area (TPSA) is 49.4 Å². The van der Waals surface area contributed by atoms with Crippen molar-refractivity contribution in [2.75, 3.05) is 13.6 Å². The van der Waals surface area contributed by atoms with Crippen molar-refractivity contribution in [2.24, 2.45) is 0 Å². The van der Waals surface area contributed by atoms with Gasteiger partial charge in [0.1, 0.15) is 0 Å². The van der Waals surface area contributed by atoms with Crippen molar-refractivity contribution in [1.29, 1.82) is 0 Å². The van der Waals surface area contributed by atoms with Crippen LogP contribution in [0.4, 0.5) is 0 Å². The first-order chi connectivity index (χ1) is 12.9.